The van der Waals surface area contributed by atoms with E-state index in [0.29, 0.717) is 11.1 Å². The van der Waals surface area contributed by atoms with Crippen LogP contribution in [-0.4, -0.2) is 34.6 Å². The third-order valence-electron chi connectivity index (χ3n) is 3.84. The lowest BCUT2D eigenvalue weighted by Crippen LogP contribution is -2.39. The van der Waals surface area contributed by atoms with Crippen molar-refractivity contribution in [3.8, 4) is 0 Å². The van der Waals surface area contributed by atoms with Crippen molar-refractivity contribution >= 4 is 17.0 Å². The molecule has 0 unspecified atom stereocenters. The van der Waals surface area contributed by atoms with Crippen LogP contribution in [0.1, 0.15) is 19.8 Å². The van der Waals surface area contributed by atoms with Gasteiger partial charge < -0.3 is 10.6 Å². The topological polar surface area (TPSA) is 62.7 Å². The van der Waals surface area contributed by atoms with Crippen molar-refractivity contribution in [2.75, 3.05) is 25.0 Å². The maximum atomic E-state index is 4.49. The predicted octanol–water partition coefficient (Wildman–Crippen LogP) is 1.83. The molecule has 1 saturated heterocycles. The van der Waals surface area contributed by atoms with Crippen molar-refractivity contribution in [2.24, 2.45) is 5.41 Å². The zero-order valence-corrected chi connectivity index (χ0v) is 11.2. The fourth-order valence-corrected chi connectivity index (χ4v) is 2.46. The van der Waals surface area contributed by atoms with Gasteiger partial charge in [0.1, 0.15) is 11.3 Å². The number of hydrogen-bond acceptors (Lipinski definition) is 5. The number of pyridine rings is 1. The molecule has 0 spiro atoms. The fourth-order valence-electron chi connectivity index (χ4n) is 2.46. The molecule has 2 aromatic rings. The number of nitrogens with one attached hydrogen (secondary N) is 2. The molecule has 1 fully saturated rings. The number of fused-ring (bicyclic) bond motifs is 1. The first-order valence-corrected chi connectivity index (χ1v) is 6.78. The molecule has 5 heteroatoms. The molecular weight excluding hydrogens is 238 g/mol. The summed E-state index contributed by atoms with van der Waals surface area (Å²) in [7, 11) is 0. The van der Waals surface area contributed by atoms with Gasteiger partial charge in [0.15, 0.2) is 5.65 Å². The number of piperidine rings is 1. The minimum absolute atomic E-state index is 0.351. The standard InChI is InChI=1S/C14H19N5/c1-14(4-6-15-7-5-14)10-18-12-3-2-11-13(19-12)17-9-8-16-11/h2-3,8-9,15H,4-7,10H2,1H3,(H,17,18,19). The van der Waals surface area contributed by atoms with Crippen LogP contribution < -0.4 is 10.6 Å². The molecule has 5 nitrogen and oxygen atoms in total. The van der Waals surface area contributed by atoms with E-state index in [2.05, 4.69) is 32.5 Å². The average Bonchev–Trinajstić information content (AvgIpc) is 2.46. The van der Waals surface area contributed by atoms with Crippen molar-refractivity contribution in [2.45, 2.75) is 19.8 Å². The molecule has 19 heavy (non-hydrogen) atoms. The summed E-state index contributed by atoms with van der Waals surface area (Å²) in [5.74, 6) is 0.882. The number of rotatable bonds is 3. The van der Waals surface area contributed by atoms with Crippen LogP contribution in [0.3, 0.4) is 0 Å². The predicted molar refractivity (Wildman–Crippen MR) is 76.0 cm³/mol. The second-order valence-electron chi connectivity index (χ2n) is 5.51. The van der Waals surface area contributed by atoms with E-state index in [0.717, 1.165) is 31.0 Å². The summed E-state index contributed by atoms with van der Waals surface area (Å²) in [6, 6.07) is 3.93. The molecule has 1 aliphatic heterocycles. The van der Waals surface area contributed by atoms with Gasteiger partial charge in [0, 0.05) is 18.9 Å². The molecule has 0 aliphatic carbocycles. The lowest BCUT2D eigenvalue weighted by molar-refractivity contribution is 0.247. The molecule has 1 aliphatic rings. The van der Waals surface area contributed by atoms with Crippen LogP contribution in [0.15, 0.2) is 24.5 Å². The molecule has 0 atom stereocenters. The first kappa shape index (κ1) is 12.3. The largest absolute Gasteiger partial charge is 0.369 e. The molecule has 0 aromatic carbocycles. The summed E-state index contributed by atoms with van der Waals surface area (Å²) in [6.07, 6.45) is 5.77. The SMILES string of the molecule is CC1(CNc2ccc3nccnc3n2)CCNCC1. The lowest BCUT2D eigenvalue weighted by atomic mass is 9.81. The summed E-state index contributed by atoms with van der Waals surface area (Å²) in [6.45, 7) is 5.50. The number of hydrogen-bond donors (Lipinski definition) is 2. The van der Waals surface area contributed by atoms with Gasteiger partial charge in [-0.2, -0.15) is 0 Å². The maximum Gasteiger partial charge on any atom is 0.180 e. The van der Waals surface area contributed by atoms with E-state index >= 15 is 0 Å². The Morgan fingerprint density at radius 2 is 2.00 bits per heavy atom. The Hall–Kier alpha value is -1.75. The second-order valence-corrected chi connectivity index (χ2v) is 5.51. The molecule has 3 rings (SSSR count). The molecule has 2 N–H and O–H groups in total. The van der Waals surface area contributed by atoms with Gasteiger partial charge in [-0.3, -0.25) is 4.98 Å². The number of anilines is 1. The number of aromatic nitrogens is 3. The third kappa shape index (κ3) is 2.81. The average molecular weight is 257 g/mol. The van der Waals surface area contributed by atoms with Gasteiger partial charge in [-0.05, 0) is 43.5 Å². The van der Waals surface area contributed by atoms with Gasteiger partial charge in [0.25, 0.3) is 0 Å². The highest BCUT2D eigenvalue weighted by atomic mass is 15.0. The highest BCUT2D eigenvalue weighted by molar-refractivity contribution is 5.71. The van der Waals surface area contributed by atoms with E-state index in [1.807, 2.05) is 12.1 Å². The van der Waals surface area contributed by atoms with Gasteiger partial charge in [0.2, 0.25) is 0 Å². The van der Waals surface area contributed by atoms with E-state index in [1.165, 1.54) is 12.8 Å². The first-order chi connectivity index (χ1) is 9.25. The van der Waals surface area contributed by atoms with Crippen LogP contribution in [0.2, 0.25) is 0 Å². The van der Waals surface area contributed by atoms with Crippen molar-refractivity contribution in [3.05, 3.63) is 24.5 Å². The van der Waals surface area contributed by atoms with Crippen molar-refractivity contribution in [3.63, 3.8) is 0 Å². The Morgan fingerprint density at radius 3 is 2.84 bits per heavy atom. The molecule has 3 heterocycles. The third-order valence-corrected chi connectivity index (χ3v) is 3.84. The monoisotopic (exact) mass is 257 g/mol. The second kappa shape index (κ2) is 5.09. The zero-order valence-electron chi connectivity index (χ0n) is 11.2. The first-order valence-electron chi connectivity index (χ1n) is 6.78. The van der Waals surface area contributed by atoms with E-state index < -0.39 is 0 Å². The van der Waals surface area contributed by atoms with E-state index in [-0.39, 0.29) is 0 Å². The summed E-state index contributed by atoms with van der Waals surface area (Å²) in [5, 5.41) is 6.84. The quantitative estimate of drug-likeness (QED) is 0.878. The fraction of sp³-hybridized carbons (Fsp3) is 0.500. The molecule has 0 saturated carbocycles. The van der Waals surface area contributed by atoms with E-state index in [1.54, 1.807) is 12.4 Å². The Morgan fingerprint density at radius 1 is 1.21 bits per heavy atom. The van der Waals surface area contributed by atoms with Crippen LogP contribution in [0.25, 0.3) is 11.2 Å². The van der Waals surface area contributed by atoms with E-state index in [4.69, 9.17) is 0 Å². The van der Waals surface area contributed by atoms with Crippen LogP contribution in [-0.2, 0) is 0 Å². The zero-order chi connectivity index (χ0) is 13.1. The van der Waals surface area contributed by atoms with Crippen LogP contribution in [0.5, 0.6) is 0 Å². The summed E-state index contributed by atoms with van der Waals surface area (Å²) < 4.78 is 0. The van der Waals surface area contributed by atoms with Crippen LogP contribution in [0, 0.1) is 5.41 Å². The molecule has 0 radical (unpaired) electrons. The van der Waals surface area contributed by atoms with Gasteiger partial charge in [-0.1, -0.05) is 6.92 Å². The van der Waals surface area contributed by atoms with Crippen molar-refractivity contribution < 1.29 is 0 Å². The summed E-state index contributed by atoms with van der Waals surface area (Å²) >= 11 is 0. The lowest BCUT2D eigenvalue weighted by Gasteiger charge is -2.34. The van der Waals surface area contributed by atoms with Gasteiger partial charge in [0.05, 0.1) is 0 Å². The van der Waals surface area contributed by atoms with Gasteiger partial charge >= 0.3 is 0 Å². The molecule has 0 bridgehead atoms. The summed E-state index contributed by atoms with van der Waals surface area (Å²) in [5.41, 5.74) is 1.88. The summed E-state index contributed by atoms with van der Waals surface area (Å²) in [4.78, 5) is 12.9. The smallest absolute Gasteiger partial charge is 0.180 e. The highest BCUT2D eigenvalue weighted by Crippen LogP contribution is 2.28. The van der Waals surface area contributed by atoms with Crippen LogP contribution in [0.4, 0.5) is 5.82 Å². The normalized spacial score (nSPS) is 18.4. The maximum absolute atomic E-state index is 4.49. The number of nitrogens with zero attached hydrogens (tertiary/aromatic N) is 3. The molecule has 2 aromatic heterocycles. The van der Waals surface area contributed by atoms with Crippen molar-refractivity contribution in [1.29, 1.82) is 0 Å². The van der Waals surface area contributed by atoms with Gasteiger partial charge in [-0.25, -0.2) is 9.97 Å². The van der Waals surface area contributed by atoms with E-state index in [9.17, 15) is 0 Å². The minimum Gasteiger partial charge on any atom is -0.369 e. The molecule has 100 valence electrons. The highest BCUT2D eigenvalue weighted by Gasteiger charge is 2.26. The molecule has 0 amide bonds. The Bertz CT molecular complexity index is 563. The van der Waals surface area contributed by atoms with Gasteiger partial charge in [-0.15, -0.1) is 0 Å². The Balaban J connectivity index is 1.71. The Labute approximate surface area is 112 Å². The van der Waals surface area contributed by atoms with Crippen molar-refractivity contribution in [1.82, 2.24) is 20.3 Å². The minimum atomic E-state index is 0.351. The van der Waals surface area contributed by atoms with Crippen LogP contribution >= 0.6 is 0 Å². The molecular formula is C14H19N5. The Kier molecular flexibility index (Phi) is 3.29.